The Bertz CT molecular complexity index is 561. The van der Waals surface area contributed by atoms with Gasteiger partial charge in [-0.2, -0.15) is 0 Å². The second-order valence-corrected chi connectivity index (χ2v) is 3.78. The predicted octanol–water partition coefficient (Wildman–Crippen LogP) is 2.00. The Labute approximate surface area is 107 Å². The summed E-state index contributed by atoms with van der Waals surface area (Å²) in [5.74, 6) is -2.65. The molecule has 1 aromatic rings. The molecule has 0 bridgehead atoms. The molecule has 0 radical (unpaired) electrons. The van der Waals surface area contributed by atoms with E-state index >= 15 is 0 Å². The zero-order valence-electron chi connectivity index (χ0n) is 9.84. The number of benzene rings is 1. The van der Waals surface area contributed by atoms with Crippen LogP contribution in [0.5, 0.6) is 0 Å². The number of carbonyl (C=O) groups excluding carboxylic acids is 1. The number of amides is 1. The summed E-state index contributed by atoms with van der Waals surface area (Å²) in [6, 6.07) is 2.01. The number of carboxylic acid groups (broad SMARTS) is 1. The molecule has 19 heavy (non-hydrogen) atoms. The summed E-state index contributed by atoms with van der Waals surface area (Å²) in [5.41, 5.74) is -0.329. The van der Waals surface area contributed by atoms with Crippen LogP contribution in [0.25, 0.3) is 0 Å². The Morgan fingerprint density at radius 3 is 2.47 bits per heavy atom. The first-order valence-electron chi connectivity index (χ1n) is 5.29. The topological polar surface area (TPSA) is 84.9 Å². The van der Waals surface area contributed by atoms with Crippen LogP contribution in [0.1, 0.15) is 29.1 Å². The molecule has 6 nitrogen and oxygen atoms in total. The molecule has 2 rings (SSSR count). The highest BCUT2D eigenvalue weighted by Gasteiger charge is 2.25. The van der Waals surface area contributed by atoms with E-state index in [2.05, 4.69) is 5.32 Å². The number of nitrogens with one attached hydrogen (secondary N) is 1. The van der Waals surface area contributed by atoms with E-state index in [1.807, 2.05) is 0 Å². The van der Waals surface area contributed by atoms with Gasteiger partial charge in [0.2, 0.25) is 5.91 Å². The molecular formula is C12H10FNO5. The van der Waals surface area contributed by atoms with Crippen LogP contribution < -0.4 is 5.32 Å². The Morgan fingerprint density at radius 2 is 1.95 bits per heavy atom. The van der Waals surface area contributed by atoms with Gasteiger partial charge in [0.05, 0.1) is 16.8 Å². The van der Waals surface area contributed by atoms with E-state index < -0.39 is 24.0 Å². The summed E-state index contributed by atoms with van der Waals surface area (Å²) < 4.78 is 23.9. The highest BCUT2D eigenvalue weighted by atomic mass is 19.1. The number of halogens is 1. The zero-order chi connectivity index (χ0) is 14.0. The number of aromatic carboxylic acids is 1. The molecule has 1 amide bonds. The minimum absolute atomic E-state index is 0.0950. The molecular weight excluding hydrogens is 257 g/mol. The Kier molecular flexibility index (Phi) is 3.37. The first kappa shape index (κ1) is 12.9. The van der Waals surface area contributed by atoms with E-state index in [0.29, 0.717) is 0 Å². The molecule has 7 heteroatoms. The quantitative estimate of drug-likeness (QED) is 0.874. The number of carboxylic acids is 1. The monoisotopic (exact) mass is 267 g/mol. The van der Waals surface area contributed by atoms with Gasteiger partial charge in [0.15, 0.2) is 0 Å². The van der Waals surface area contributed by atoms with Gasteiger partial charge < -0.3 is 19.9 Å². The smallest absolute Gasteiger partial charge is 0.335 e. The molecule has 2 N–H and O–H groups in total. The second-order valence-electron chi connectivity index (χ2n) is 3.78. The van der Waals surface area contributed by atoms with Crippen molar-refractivity contribution in [2.24, 2.45) is 0 Å². The molecule has 0 aromatic heterocycles. The van der Waals surface area contributed by atoms with Gasteiger partial charge in [0.25, 0.3) is 6.29 Å². The van der Waals surface area contributed by atoms with Gasteiger partial charge in [-0.25, -0.2) is 9.18 Å². The van der Waals surface area contributed by atoms with Crippen molar-refractivity contribution in [3.05, 3.63) is 41.6 Å². The fraction of sp³-hybridized carbons (Fsp3) is 0.167. The van der Waals surface area contributed by atoms with Crippen LogP contribution in [0.3, 0.4) is 0 Å². The van der Waals surface area contributed by atoms with Gasteiger partial charge in [-0.15, -0.1) is 0 Å². The number of carbonyl (C=O) groups is 2. The predicted molar refractivity (Wildman–Crippen MR) is 61.7 cm³/mol. The lowest BCUT2D eigenvalue weighted by atomic mass is 10.1. The average molecular weight is 267 g/mol. The summed E-state index contributed by atoms with van der Waals surface area (Å²) in [6.07, 6.45) is 1.50. The summed E-state index contributed by atoms with van der Waals surface area (Å²) >= 11 is 0. The molecule has 0 saturated carbocycles. The standard InChI is InChI=1S/C12H10FNO5/c1-6(15)14-10-8(12-18-2-3-19-12)4-7(11(16)17)5-9(10)13/h2-5,12H,1H3,(H,14,15)(H,16,17). The second kappa shape index (κ2) is 4.97. The van der Waals surface area contributed by atoms with Crippen LogP contribution in [-0.4, -0.2) is 17.0 Å². The van der Waals surface area contributed by atoms with E-state index in [0.717, 1.165) is 6.07 Å². The fourth-order valence-electron chi connectivity index (χ4n) is 1.63. The largest absolute Gasteiger partial charge is 0.478 e. The summed E-state index contributed by atoms with van der Waals surface area (Å²) in [4.78, 5) is 22.0. The number of rotatable bonds is 3. The summed E-state index contributed by atoms with van der Waals surface area (Å²) in [5, 5.41) is 11.2. The maximum absolute atomic E-state index is 13.9. The number of anilines is 1. The molecule has 0 unspecified atom stereocenters. The Morgan fingerprint density at radius 1 is 1.32 bits per heavy atom. The van der Waals surface area contributed by atoms with Crippen LogP contribution >= 0.6 is 0 Å². The van der Waals surface area contributed by atoms with Gasteiger partial charge in [-0.1, -0.05) is 0 Å². The minimum atomic E-state index is -1.29. The van der Waals surface area contributed by atoms with Crippen LogP contribution in [0.4, 0.5) is 10.1 Å². The first-order chi connectivity index (χ1) is 8.99. The van der Waals surface area contributed by atoms with Crippen LogP contribution in [0, 0.1) is 5.82 Å². The normalized spacial score (nSPS) is 13.8. The lowest BCUT2D eigenvalue weighted by molar-refractivity contribution is -0.114. The molecule has 1 aromatic carbocycles. The minimum Gasteiger partial charge on any atom is -0.478 e. The van der Waals surface area contributed by atoms with Crippen LogP contribution in [-0.2, 0) is 14.3 Å². The van der Waals surface area contributed by atoms with Crippen molar-refractivity contribution in [1.29, 1.82) is 0 Å². The van der Waals surface area contributed by atoms with Gasteiger partial charge >= 0.3 is 5.97 Å². The van der Waals surface area contributed by atoms with Crippen LogP contribution in [0.15, 0.2) is 24.7 Å². The SMILES string of the molecule is CC(=O)Nc1c(F)cc(C(=O)O)cc1C1OC=CO1. The highest BCUT2D eigenvalue weighted by Crippen LogP contribution is 2.33. The maximum Gasteiger partial charge on any atom is 0.335 e. The average Bonchev–Trinajstić information content (AvgIpc) is 2.84. The lowest BCUT2D eigenvalue weighted by Gasteiger charge is -2.16. The molecule has 0 fully saturated rings. The van der Waals surface area contributed by atoms with Crippen LogP contribution in [0.2, 0.25) is 0 Å². The summed E-state index contributed by atoms with van der Waals surface area (Å²) in [7, 11) is 0. The lowest BCUT2D eigenvalue weighted by Crippen LogP contribution is -2.14. The highest BCUT2D eigenvalue weighted by molar-refractivity contribution is 5.92. The van der Waals surface area contributed by atoms with Crippen molar-refractivity contribution >= 4 is 17.6 Å². The van der Waals surface area contributed by atoms with E-state index in [4.69, 9.17) is 14.6 Å². The molecule has 1 aliphatic heterocycles. The van der Waals surface area contributed by atoms with Crippen molar-refractivity contribution in [2.45, 2.75) is 13.2 Å². The van der Waals surface area contributed by atoms with E-state index in [1.165, 1.54) is 25.5 Å². The van der Waals surface area contributed by atoms with Gasteiger partial charge in [-0.3, -0.25) is 4.79 Å². The van der Waals surface area contributed by atoms with Crippen molar-refractivity contribution in [1.82, 2.24) is 0 Å². The van der Waals surface area contributed by atoms with E-state index in [9.17, 15) is 14.0 Å². The third kappa shape index (κ3) is 2.65. The number of hydrogen-bond donors (Lipinski definition) is 2. The Balaban J connectivity index is 2.50. The van der Waals surface area contributed by atoms with Gasteiger partial charge in [0, 0.05) is 6.92 Å². The van der Waals surface area contributed by atoms with Crippen molar-refractivity contribution in [2.75, 3.05) is 5.32 Å². The Hall–Kier alpha value is -2.57. The number of hydrogen-bond acceptors (Lipinski definition) is 4. The van der Waals surface area contributed by atoms with Crippen molar-refractivity contribution < 1.29 is 28.6 Å². The van der Waals surface area contributed by atoms with Crippen molar-refractivity contribution in [3.63, 3.8) is 0 Å². The molecule has 0 atom stereocenters. The fourth-order valence-corrected chi connectivity index (χ4v) is 1.63. The van der Waals surface area contributed by atoms with Gasteiger partial charge in [0.1, 0.15) is 18.3 Å². The molecule has 0 spiro atoms. The molecule has 0 saturated heterocycles. The van der Waals surface area contributed by atoms with Gasteiger partial charge in [-0.05, 0) is 12.1 Å². The molecule has 1 heterocycles. The third-order valence-electron chi connectivity index (χ3n) is 2.38. The van der Waals surface area contributed by atoms with E-state index in [1.54, 1.807) is 0 Å². The molecule has 1 aliphatic rings. The maximum atomic E-state index is 13.9. The molecule has 100 valence electrons. The zero-order valence-corrected chi connectivity index (χ0v) is 9.84. The summed E-state index contributed by atoms with van der Waals surface area (Å²) in [6.45, 7) is 1.21. The van der Waals surface area contributed by atoms with E-state index in [-0.39, 0.29) is 16.8 Å². The molecule has 0 aliphatic carbocycles. The first-order valence-corrected chi connectivity index (χ1v) is 5.29. The van der Waals surface area contributed by atoms with Crippen molar-refractivity contribution in [3.8, 4) is 0 Å². The third-order valence-corrected chi connectivity index (χ3v) is 2.38. The number of ether oxygens (including phenoxy) is 2.